The molecule has 0 atom stereocenters. The summed E-state index contributed by atoms with van der Waals surface area (Å²) in [7, 11) is -0.617. The van der Waals surface area contributed by atoms with Gasteiger partial charge in [0.2, 0.25) is 0 Å². The lowest BCUT2D eigenvalue weighted by Crippen LogP contribution is -1.84. The van der Waals surface area contributed by atoms with Gasteiger partial charge in [-0.05, 0) is 0 Å². The van der Waals surface area contributed by atoms with Crippen molar-refractivity contribution in [2.24, 2.45) is 0 Å². The van der Waals surface area contributed by atoms with E-state index >= 15 is 0 Å². The Morgan fingerprint density at radius 3 is 1.50 bits per heavy atom. The van der Waals surface area contributed by atoms with E-state index in [9.17, 15) is 4.57 Å². The van der Waals surface area contributed by atoms with Crippen molar-refractivity contribution in [3.63, 3.8) is 0 Å². The fourth-order valence-electron chi connectivity index (χ4n) is 0.702. The van der Waals surface area contributed by atoms with E-state index in [-0.39, 0.29) is 30.9 Å². The molecule has 1 rings (SSSR count). The summed E-state index contributed by atoms with van der Waals surface area (Å²) >= 11 is 28.6. The molecular formula is C6Cl5O2P. The first-order valence-electron chi connectivity index (χ1n) is 3.01. The minimum atomic E-state index is -0.617. The molecule has 0 N–H and O–H groups in total. The molecule has 0 radical (unpaired) electrons. The largest absolute Gasteiger partial charge is 0.404 e. The molecule has 0 unspecified atom stereocenters. The minimum absolute atomic E-state index is 0.00128. The van der Waals surface area contributed by atoms with Crippen molar-refractivity contribution < 1.29 is 9.09 Å². The molecule has 0 aromatic heterocycles. The summed E-state index contributed by atoms with van der Waals surface area (Å²) in [6.07, 6.45) is 0. The van der Waals surface area contributed by atoms with Gasteiger partial charge in [-0.3, -0.25) is 0 Å². The highest BCUT2D eigenvalue weighted by Gasteiger charge is 2.20. The van der Waals surface area contributed by atoms with Gasteiger partial charge in [-0.25, -0.2) is 4.57 Å². The smallest absolute Gasteiger partial charge is 0.395 e. The topological polar surface area (TPSA) is 26.3 Å². The lowest BCUT2D eigenvalue weighted by molar-refractivity contribution is 0.525. The second-order valence-corrected chi connectivity index (χ2v) is 4.29. The molecule has 0 saturated carbocycles. The predicted molar refractivity (Wildman–Crippen MR) is 59.7 cm³/mol. The van der Waals surface area contributed by atoms with E-state index in [0.29, 0.717) is 0 Å². The maximum absolute atomic E-state index is 10.2. The molecule has 1 aromatic carbocycles. The SMILES string of the molecule is O=POc1c(Cl)c(Cl)c(Cl)c(Cl)c1Cl. The Morgan fingerprint density at radius 1 is 0.786 bits per heavy atom. The molecule has 0 aliphatic carbocycles. The maximum atomic E-state index is 10.2. The summed E-state index contributed by atoms with van der Waals surface area (Å²) in [6, 6.07) is 0. The zero-order valence-electron chi connectivity index (χ0n) is 6.15. The first kappa shape index (κ1) is 12.6. The van der Waals surface area contributed by atoms with E-state index < -0.39 is 8.69 Å². The molecule has 76 valence electrons. The van der Waals surface area contributed by atoms with Gasteiger partial charge in [0.15, 0.2) is 5.75 Å². The van der Waals surface area contributed by atoms with Crippen molar-refractivity contribution in [1.29, 1.82) is 0 Å². The van der Waals surface area contributed by atoms with Gasteiger partial charge in [0.25, 0.3) is 0 Å². The van der Waals surface area contributed by atoms with E-state index in [1.54, 1.807) is 0 Å². The van der Waals surface area contributed by atoms with Crippen LogP contribution in [-0.4, -0.2) is 0 Å². The minimum Gasteiger partial charge on any atom is -0.404 e. The highest BCUT2D eigenvalue weighted by Crippen LogP contribution is 2.48. The number of benzene rings is 1. The summed E-state index contributed by atoms with van der Waals surface area (Å²) in [6.45, 7) is 0. The highest BCUT2D eigenvalue weighted by molar-refractivity contribution is 7.17. The van der Waals surface area contributed by atoms with Crippen LogP contribution in [0.3, 0.4) is 0 Å². The quantitative estimate of drug-likeness (QED) is 0.407. The number of halogens is 5. The molecule has 0 bridgehead atoms. The van der Waals surface area contributed by atoms with Crippen LogP contribution in [0, 0.1) is 0 Å². The van der Waals surface area contributed by atoms with Gasteiger partial charge in [-0.1, -0.05) is 58.0 Å². The van der Waals surface area contributed by atoms with Gasteiger partial charge in [0, 0.05) is 0 Å². The van der Waals surface area contributed by atoms with Gasteiger partial charge < -0.3 is 4.52 Å². The Kier molecular flexibility index (Phi) is 4.57. The zero-order valence-corrected chi connectivity index (χ0v) is 10.8. The van der Waals surface area contributed by atoms with Crippen LogP contribution in [0.25, 0.3) is 0 Å². The molecular weight excluding hydrogens is 312 g/mol. The van der Waals surface area contributed by atoms with Crippen molar-refractivity contribution in [3.05, 3.63) is 25.1 Å². The fourth-order valence-corrected chi connectivity index (χ4v) is 2.27. The normalized spacial score (nSPS) is 10.6. The number of hydrogen-bond donors (Lipinski definition) is 0. The van der Waals surface area contributed by atoms with E-state index in [4.69, 9.17) is 58.0 Å². The maximum Gasteiger partial charge on any atom is 0.395 e. The lowest BCUT2D eigenvalue weighted by atomic mass is 10.3. The van der Waals surface area contributed by atoms with E-state index in [0.717, 1.165) is 0 Å². The first-order valence-corrected chi connectivity index (χ1v) is 5.63. The molecule has 1 aromatic rings. The van der Waals surface area contributed by atoms with Gasteiger partial charge >= 0.3 is 8.69 Å². The van der Waals surface area contributed by atoms with Crippen molar-refractivity contribution in [2.75, 3.05) is 0 Å². The van der Waals surface area contributed by atoms with E-state index in [1.165, 1.54) is 0 Å². The van der Waals surface area contributed by atoms with E-state index in [2.05, 4.69) is 4.52 Å². The Morgan fingerprint density at radius 2 is 1.14 bits per heavy atom. The van der Waals surface area contributed by atoms with Crippen LogP contribution >= 0.6 is 66.7 Å². The molecule has 0 aliphatic rings. The van der Waals surface area contributed by atoms with Crippen LogP contribution in [0.15, 0.2) is 0 Å². The van der Waals surface area contributed by atoms with Crippen LogP contribution < -0.4 is 4.52 Å². The first-order chi connectivity index (χ1) is 6.50. The van der Waals surface area contributed by atoms with Crippen molar-refractivity contribution in [3.8, 4) is 5.75 Å². The summed E-state index contributed by atoms with van der Waals surface area (Å²) in [5.41, 5.74) is 0. The molecule has 0 saturated heterocycles. The summed E-state index contributed by atoms with van der Waals surface area (Å²) in [5, 5.41) is -0.0372. The third kappa shape index (κ3) is 2.21. The lowest BCUT2D eigenvalue weighted by Gasteiger charge is -2.08. The number of rotatable bonds is 2. The van der Waals surface area contributed by atoms with Crippen LogP contribution in [-0.2, 0) is 4.57 Å². The molecule has 0 heterocycles. The molecule has 0 spiro atoms. The second-order valence-electron chi connectivity index (χ2n) is 2.06. The highest BCUT2D eigenvalue weighted by atomic mass is 35.5. The van der Waals surface area contributed by atoms with Gasteiger partial charge in [-0.15, -0.1) is 0 Å². The van der Waals surface area contributed by atoms with Crippen LogP contribution in [0.5, 0.6) is 5.75 Å². The molecule has 2 nitrogen and oxygen atoms in total. The summed E-state index contributed by atoms with van der Waals surface area (Å²) in [5.74, 6) is -0.0654. The van der Waals surface area contributed by atoms with Gasteiger partial charge in [0.1, 0.15) is 10.0 Å². The van der Waals surface area contributed by atoms with E-state index in [1.807, 2.05) is 0 Å². The Balaban J connectivity index is 3.50. The fraction of sp³-hybridized carbons (Fsp3) is 0. The van der Waals surface area contributed by atoms with Crippen LogP contribution in [0.1, 0.15) is 0 Å². The summed E-state index contributed by atoms with van der Waals surface area (Å²) in [4.78, 5) is 0. The average molecular weight is 312 g/mol. The van der Waals surface area contributed by atoms with Gasteiger partial charge in [-0.2, -0.15) is 0 Å². The second kappa shape index (κ2) is 5.07. The predicted octanol–water partition coefficient (Wildman–Crippen LogP) is 5.54. The zero-order chi connectivity index (χ0) is 10.9. The van der Waals surface area contributed by atoms with Crippen LogP contribution in [0.2, 0.25) is 25.1 Å². The molecule has 0 amide bonds. The Labute approximate surface area is 106 Å². The Hall–Kier alpha value is 0.570. The molecule has 8 heteroatoms. The average Bonchev–Trinajstić information content (AvgIpc) is 2.19. The Bertz CT molecular complexity index is 365. The van der Waals surface area contributed by atoms with Gasteiger partial charge in [0.05, 0.1) is 15.1 Å². The molecule has 14 heavy (non-hydrogen) atoms. The van der Waals surface area contributed by atoms with Crippen LogP contribution in [0.4, 0.5) is 0 Å². The molecule has 0 aliphatic heterocycles. The number of hydrogen-bond acceptors (Lipinski definition) is 2. The van der Waals surface area contributed by atoms with Crippen molar-refractivity contribution in [1.82, 2.24) is 0 Å². The molecule has 0 fully saturated rings. The summed E-state index contributed by atoms with van der Waals surface area (Å²) < 4.78 is 14.8. The third-order valence-corrected chi connectivity index (χ3v) is 3.80. The monoisotopic (exact) mass is 310 g/mol. The third-order valence-electron chi connectivity index (χ3n) is 1.30. The standard InChI is InChI=1S/C6Cl5O2P/c7-1-2(8)4(10)6(13-14-12)5(11)3(1)9. The van der Waals surface area contributed by atoms with Crippen molar-refractivity contribution in [2.45, 2.75) is 0 Å². The van der Waals surface area contributed by atoms with Crippen molar-refractivity contribution >= 4 is 66.7 Å².